The first-order valence-electron chi connectivity index (χ1n) is 4.82. The molecule has 0 amide bonds. The Bertz CT molecular complexity index is 436. The molecular formula is C13H11OP. The van der Waals surface area contributed by atoms with Crippen molar-refractivity contribution >= 4 is 9.12 Å². The first kappa shape index (κ1) is 10.1. The molecule has 0 fully saturated rings. The smallest absolute Gasteiger partial charge is 0.138 e. The van der Waals surface area contributed by atoms with Crippen molar-refractivity contribution in [2.45, 2.75) is 6.42 Å². The van der Waals surface area contributed by atoms with Crippen LogP contribution in [-0.4, -0.2) is 0 Å². The third kappa shape index (κ3) is 1.71. The fourth-order valence-corrected chi connectivity index (χ4v) is 2.08. The Labute approximate surface area is 91.4 Å². The molecule has 0 atom stereocenters. The second-order valence-electron chi connectivity index (χ2n) is 3.49. The predicted octanol–water partition coefficient (Wildman–Crippen LogP) is 3.73. The summed E-state index contributed by atoms with van der Waals surface area (Å²) < 4.78 is 8.06. The van der Waals surface area contributed by atoms with E-state index in [1.165, 1.54) is 22.3 Å². The highest BCUT2D eigenvalue weighted by molar-refractivity contribution is 7.00. The molecule has 74 valence electrons. The van der Waals surface area contributed by atoms with E-state index in [0.29, 0.717) is 0 Å². The van der Waals surface area contributed by atoms with Crippen LogP contribution in [0.1, 0.15) is 11.1 Å². The minimum Gasteiger partial charge on any atom is -0.279 e. The van der Waals surface area contributed by atoms with Gasteiger partial charge in [0.25, 0.3) is 0 Å². The van der Waals surface area contributed by atoms with Crippen molar-refractivity contribution in [3.8, 4) is 11.1 Å². The Hall–Kier alpha value is -1.46. The lowest BCUT2D eigenvalue weighted by Crippen LogP contribution is -1.77. The topological polar surface area (TPSA) is 17.1 Å². The van der Waals surface area contributed by atoms with Gasteiger partial charge in [0.05, 0.1) is 0 Å². The molecule has 1 aliphatic carbocycles. The highest BCUT2D eigenvalue weighted by atomic mass is 31.0. The van der Waals surface area contributed by atoms with Gasteiger partial charge in [-0.25, -0.2) is 0 Å². The maximum atomic E-state index is 8.06. The van der Waals surface area contributed by atoms with E-state index in [4.69, 9.17) is 4.57 Å². The van der Waals surface area contributed by atoms with Crippen molar-refractivity contribution in [3.63, 3.8) is 0 Å². The van der Waals surface area contributed by atoms with Gasteiger partial charge in [-0.15, -0.1) is 0 Å². The highest BCUT2D eigenvalue weighted by Gasteiger charge is 2.15. The fraction of sp³-hybridized carbons (Fsp3) is 0.0769. The monoisotopic (exact) mass is 214 g/mol. The van der Waals surface area contributed by atoms with Crippen LogP contribution in [0.5, 0.6) is 0 Å². The van der Waals surface area contributed by atoms with Gasteiger partial charge in [-0.3, -0.25) is 4.57 Å². The molecule has 2 heteroatoms. The third-order valence-electron chi connectivity index (χ3n) is 2.71. The van der Waals surface area contributed by atoms with Crippen molar-refractivity contribution in [1.82, 2.24) is 0 Å². The number of fused-ring (bicyclic) bond motifs is 3. The Morgan fingerprint density at radius 1 is 0.733 bits per heavy atom. The molecule has 0 unspecified atom stereocenters. The maximum absolute atomic E-state index is 8.06. The summed E-state index contributed by atoms with van der Waals surface area (Å²) in [5.74, 6) is 0. The van der Waals surface area contributed by atoms with Crippen LogP contribution in [0.15, 0.2) is 48.5 Å². The van der Waals surface area contributed by atoms with E-state index in [1.807, 2.05) is 0 Å². The van der Waals surface area contributed by atoms with Crippen molar-refractivity contribution in [1.29, 1.82) is 0 Å². The number of benzene rings is 2. The Balaban J connectivity index is 0.000000404. The van der Waals surface area contributed by atoms with E-state index in [1.54, 1.807) is 9.12 Å². The van der Waals surface area contributed by atoms with Crippen molar-refractivity contribution in [2.24, 2.45) is 0 Å². The van der Waals surface area contributed by atoms with Crippen LogP contribution in [0.4, 0.5) is 0 Å². The van der Waals surface area contributed by atoms with Crippen LogP contribution in [-0.2, 0) is 11.0 Å². The summed E-state index contributed by atoms with van der Waals surface area (Å²) in [7, 11) is 1.72. The molecule has 1 nitrogen and oxygen atoms in total. The third-order valence-corrected chi connectivity index (χ3v) is 2.71. The zero-order valence-corrected chi connectivity index (χ0v) is 9.23. The summed E-state index contributed by atoms with van der Waals surface area (Å²) in [6.45, 7) is 0. The highest BCUT2D eigenvalue weighted by Crippen LogP contribution is 2.35. The minimum atomic E-state index is 1.10. The maximum Gasteiger partial charge on any atom is 0.138 e. The van der Waals surface area contributed by atoms with Gasteiger partial charge in [0.1, 0.15) is 9.12 Å². The molecule has 0 spiro atoms. The zero-order valence-electron chi connectivity index (χ0n) is 8.23. The molecule has 1 aliphatic rings. The van der Waals surface area contributed by atoms with E-state index < -0.39 is 0 Å². The summed E-state index contributed by atoms with van der Waals surface area (Å²) in [6.07, 6.45) is 1.10. The van der Waals surface area contributed by atoms with Gasteiger partial charge in [0, 0.05) is 0 Å². The van der Waals surface area contributed by atoms with Gasteiger partial charge in [0.2, 0.25) is 0 Å². The quantitative estimate of drug-likeness (QED) is 0.521. The summed E-state index contributed by atoms with van der Waals surface area (Å²) in [4.78, 5) is 0. The van der Waals surface area contributed by atoms with E-state index in [2.05, 4.69) is 48.5 Å². The number of hydrogen-bond donors (Lipinski definition) is 0. The van der Waals surface area contributed by atoms with E-state index in [9.17, 15) is 0 Å². The minimum absolute atomic E-state index is 1.10. The van der Waals surface area contributed by atoms with Crippen LogP contribution in [0.25, 0.3) is 11.1 Å². The zero-order chi connectivity index (χ0) is 10.7. The summed E-state index contributed by atoms with van der Waals surface area (Å²) >= 11 is 0. The van der Waals surface area contributed by atoms with Gasteiger partial charge in [0.15, 0.2) is 0 Å². The molecule has 0 saturated carbocycles. The second kappa shape index (κ2) is 4.37. The van der Waals surface area contributed by atoms with Gasteiger partial charge >= 0.3 is 0 Å². The molecule has 0 heterocycles. The van der Waals surface area contributed by atoms with Crippen molar-refractivity contribution in [3.05, 3.63) is 59.7 Å². The molecule has 0 N–H and O–H groups in total. The van der Waals surface area contributed by atoms with Crippen LogP contribution in [0.2, 0.25) is 0 Å². The van der Waals surface area contributed by atoms with Crippen molar-refractivity contribution < 1.29 is 4.57 Å². The first-order chi connectivity index (χ1) is 7.45. The molecule has 0 radical (unpaired) electrons. The first-order valence-corrected chi connectivity index (χ1v) is 5.22. The van der Waals surface area contributed by atoms with Crippen molar-refractivity contribution in [2.75, 3.05) is 0 Å². The van der Waals surface area contributed by atoms with E-state index in [0.717, 1.165) is 6.42 Å². The van der Waals surface area contributed by atoms with Gasteiger partial charge in [-0.2, -0.15) is 0 Å². The Kier molecular flexibility index (Phi) is 2.94. The predicted molar refractivity (Wildman–Crippen MR) is 63.7 cm³/mol. The Morgan fingerprint density at radius 2 is 1.13 bits per heavy atom. The number of rotatable bonds is 0. The molecule has 0 saturated heterocycles. The molecule has 2 aromatic carbocycles. The number of hydrogen-bond acceptors (Lipinski definition) is 1. The normalized spacial score (nSPS) is 10.9. The van der Waals surface area contributed by atoms with Crippen LogP contribution in [0, 0.1) is 0 Å². The molecule has 0 bridgehead atoms. The molecule has 0 aliphatic heterocycles. The lowest BCUT2D eigenvalue weighted by Gasteiger charge is -1.98. The van der Waals surface area contributed by atoms with Crippen LogP contribution < -0.4 is 0 Å². The summed E-state index contributed by atoms with van der Waals surface area (Å²) in [5.41, 5.74) is 5.75. The average Bonchev–Trinajstić information content (AvgIpc) is 2.70. The van der Waals surface area contributed by atoms with Gasteiger partial charge in [-0.05, 0) is 28.7 Å². The fourth-order valence-electron chi connectivity index (χ4n) is 2.08. The Morgan fingerprint density at radius 3 is 1.60 bits per heavy atom. The lowest BCUT2D eigenvalue weighted by molar-refractivity contribution is 0.607. The second-order valence-corrected chi connectivity index (χ2v) is 3.49. The van der Waals surface area contributed by atoms with E-state index in [-0.39, 0.29) is 0 Å². The molecule has 15 heavy (non-hydrogen) atoms. The molecule has 3 rings (SSSR count). The van der Waals surface area contributed by atoms with Gasteiger partial charge < -0.3 is 0 Å². The average molecular weight is 214 g/mol. The SMILES string of the molecule is O=P.c1ccc2c(c1)Cc1ccccc1-2. The molecular weight excluding hydrogens is 203 g/mol. The summed E-state index contributed by atoms with van der Waals surface area (Å²) in [5, 5.41) is 0. The van der Waals surface area contributed by atoms with E-state index >= 15 is 0 Å². The molecule has 2 aromatic rings. The molecule has 0 aromatic heterocycles. The van der Waals surface area contributed by atoms with Gasteiger partial charge in [-0.1, -0.05) is 48.5 Å². The standard InChI is InChI=1S/C13H10.HOP/c1-3-7-12-10(5-1)9-11-6-2-4-8-13(11)12;1-2/h1-8H,9H2;2H. The largest absolute Gasteiger partial charge is 0.279 e. The lowest BCUT2D eigenvalue weighted by atomic mass is 10.1. The summed E-state index contributed by atoms with van der Waals surface area (Å²) in [6, 6.07) is 17.3. The van der Waals surface area contributed by atoms with Crippen LogP contribution in [0.3, 0.4) is 0 Å². The van der Waals surface area contributed by atoms with Crippen LogP contribution >= 0.6 is 9.12 Å².